The van der Waals surface area contributed by atoms with Crippen LogP contribution in [0.25, 0.3) is 11.1 Å². The third kappa shape index (κ3) is 3.19. The standard InChI is InChI=1S/C27H21F3/c28-27(29,30)20-12-8-11-19(17-20)26-23-15-6-4-13-21(23)25(18-9-2-1-3-10-18)22-14-5-7-16-24(22)26/h1-4,6,8-13,15-17,22H,5,7,14H2. The van der Waals surface area contributed by atoms with E-state index in [2.05, 4.69) is 24.3 Å². The molecule has 0 aromatic heterocycles. The summed E-state index contributed by atoms with van der Waals surface area (Å²) in [7, 11) is 0. The second kappa shape index (κ2) is 7.32. The molecule has 0 spiro atoms. The summed E-state index contributed by atoms with van der Waals surface area (Å²) in [6.45, 7) is 0. The van der Waals surface area contributed by atoms with Crippen LogP contribution in [0.3, 0.4) is 0 Å². The van der Waals surface area contributed by atoms with Crippen LogP contribution in [0, 0.1) is 5.92 Å². The molecule has 3 heteroatoms. The van der Waals surface area contributed by atoms with E-state index in [-0.39, 0.29) is 5.92 Å². The highest BCUT2D eigenvalue weighted by atomic mass is 19.4. The van der Waals surface area contributed by atoms with Crippen LogP contribution in [-0.4, -0.2) is 0 Å². The number of benzene rings is 3. The van der Waals surface area contributed by atoms with Gasteiger partial charge in [-0.3, -0.25) is 0 Å². The number of allylic oxidation sites excluding steroid dienone is 2. The van der Waals surface area contributed by atoms with Crippen molar-refractivity contribution in [1.29, 1.82) is 0 Å². The normalized spacial score (nSPS) is 18.5. The van der Waals surface area contributed by atoms with Crippen molar-refractivity contribution in [2.24, 2.45) is 5.92 Å². The zero-order chi connectivity index (χ0) is 20.7. The summed E-state index contributed by atoms with van der Waals surface area (Å²) >= 11 is 0. The molecule has 1 unspecified atom stereocenters. The summed E-state index contributed by atoms with van der Waals surface area (Å²) in [6.07, 6.45) is 0.934. The first-order chi connectivity index (χ1) is 14.5. The third-order valence-corrected chi connectivity index (χ3v) is 6.12. The smallest absolute Gasteiger partial charge is 0.166 e. The molecule has 0 aliphatic heterocycles. The van der Waals surface area contributed by atoms with E-state index in [0.29, 0.717) is 5.56 Å². The van der Waals surface area contributed by atoms with Crippen LogP contribution < -0.4 is 10.4 Å². The summed E-state index contributed by atoms with van der Waals surface area (Å²) < 4.78 is 40.3. The van der Waals surface area contributed by atoms with Gasteiger partial charge in [0.1, 0.15) is 0 Å². The lowest BCUT2D eigenvalue weighted by molar-refractivity contribution is -0.137. The van der Waals surface area contributed by atoms with Crippen LogP contribution in [0.1, 0.15) is 36.0 Å². The average Bonchev–Trinajstić information content (AvgIpc) is 2.77. The van der Waals surface area contributed by atoms with Gasteiger partial charge in [0.05, 0.1) is 5.56 Å². The first kappa shape index (κ1) is 18.9. The molecular weight excluding hydrogens is 381 g/mol. The minimum atomic E-state index is -4.35. The molecule has 0 heterocycles. The monoisotopic (exact) mass is 402 g/mol. The number of hydrogen-bond donors (Lipinski definition) is 0. The highest BCUT2D eigenvalue weighted by Gasteiger charge is 2.33. The Morgan fingerprint density at radius 3 is 2.20 bits per heavy atom. The van der Waals surface area contributed by atoms with Gasteiger partial charge < -0.3 is 0 Å². The minimum absolute atomic E-state index is 0.195. The van der Waals surface area contributed by atoms with Gasteiger partial charge in [0.25, 0.3) is 0 Å². The summed E-state index contributed by atoms with van der Waals surface area (Å²) in [6, 6.07) is 24.3. The number of hydrogen-bond acceptors (Lipinski definition) is 0. The Morgan fingerprint density at radius 2 is 1.43 bits per heavy atom. The summed E-state index contributed by atoms with van der Waals surface area (Å²) in [4.78, 5) is 0. The molecule has 150 valence electrons. The topological polar surface area (TPSA) is 0 Å². The maximum absolute atomic E-state index is 13.4. The van der Waals surface area contributed by atoms with Gasteiger partial charge in [0.15, 0.2) is 0 Å². The van der Waals surface area contributed by atoms with Crippen molar-refractivity contribution in [3.63, 3.8) is 0 Å². The first-order valence-corrected chi connectivity index (χ1v) is 10.3. The third-order valence-electron chi connectivity index (χ3n) is 6.12. The second-order valence-corrected chi connectivity index (χ2v) is 7.92. The Bertz CT molecular complexity index is 1250. The Morgan fingerprint density at radius 1 is 0.733 bits per heavy atom. The zero-order valence-electron chi connectivity index (χ0n) is 16.4. The van der Waals surface area contributed by atoms with Crippen molar-refractivity contribution < 1.29 is 13.2 Å². The van der Waals surface area contributed by atoms with Gasteiger partial charge in [0.2, 0.25) is 0 Å². The van der Waals surface area contributed by atoms with Crippen LogP contribution in [-0.2, 0) is 6.18 Å². The van der Waals surface area contributed by atoms with E-state index in [4.69, 9.17) is 0 Å². The van der Waals surface area contributed by atoms with Crippen molar-refractivity contribution in [3.8, 4) is 0 Å². The molecule has 0 radical (unpaired) electrons. The van der Waals surface area contributed by atoms with E-state index >= 15 is 0 Å². The molecule has 0 nitrogen and oxygen atoms in total. The largest absolute Gasteiger partial charge is 0.416 e. The lowest BCUT2D eigenvalue weighted by Gasteiger charge is -2.33. The lowest BCUT2D eigenvalue weighted by Crippen LogP contribution is -2.38. The number of rotatable bonds is 2. The fourth-order valence-electron chi connectivity index (χ4n) is 4.88. The Labute approximate surface area is 173 Å². The average molecular weight is 402 g/mol. The fourth-order valence-corrected chi connectivity index (χ4v) is 4.88. The first-order valence-electron chi connectivity index (χ1n) is 10.3. The molecule has 0 bridgehead atoms. The van der Waals surface area contributed by atoms with Crippen molar-refractivity contribution in [2.75, 3.05) is 0 Å². The molecule has 2 aliphatic carbocycles. The Hall–Kier alpha value is -3.07. The summed E-state index contributed by atoms with van der Waals surface area (Å²) in [5.74, 6) is 0.195. The molecule has 0 N–H and O–H groups in total. The number of halogens is 3. The van der Waals surface area contributed by atoms with Crippen molar-refractivity contribution in [2.45, 2.75) is 25.4 Å². The molecule has 2 aliphatic rings. The molecule has 0 saturated heterocycles. The van der Waals surface area contributed by atoms with Crippen LogP contribution in [0.5, 0.6) is 0 Å². The van der Waals surface area contributed by atoms with E-state index < -0.39 is 11.7 Å². The van der Waals surface area contributed by atoms with Crippen molar-refractivity contribution in [1.82, 2.24) is 0 Å². The quantitative estimate of drug-likeness (QED) is 0.505. The molecule has 0 saturated carbocycles. The number of alkyl halides is 3. The van der Waals surface area contributed by atoms with Gasteiger partial charge in [-0.25, -0.2) is 0 Å². The Kier molecular flexibility index (Phi) is 4.62. The van der Waals surface area contributed by atoms with E-state index in [1.807, 2.05) is 36.4 Å². The highest BCUT2D eigenvalue weighted by Crippen LogP contribution is 2.42. The van der Waals surface area contributed by atoms with Crippen molar-refractivity contribution in [3.05, 3.63) is 118 Å². The van der Waals surface area contributed by atoms with E-state index in [1.54, 1.807) is 6.07 Å². The maximum atomic E-state index is 13.4. The molecule has 0 fully saturated rings. The fraction of sp³-hybridized carbons (Fsp3) is 0.185. The molecule has 0 amide bonds. The SMILES string of the molecule is FC(F)(F)c1cccc(C2=c3ccccc3=C(c3ccccc3)C3CCCC=C23)c1. The van der Waals surface area contributed by atoms with E-state index in [1.165, 1.54) is 23.3 Å². The highest BCUT2D eigenvalue weighted by molar-refractivity contribution is 5.88. The summed E-state index contributed by atoms with van der Waals surface area (Å²) in [5.41, 5.74) is 4.62. The molecule has 30 heavy (non-hydrogen) atoms. The predicted octanol–water partition coefficient (Wildman–Crippen LogP) is 5.84. The van der Waals surface area contributed by atoms with Gasteiger partial charge in [-0.1, -0.05) is 72.8 Å². The van der Waals surface area contributed by atoms with E-state index in [9.17, 15) is 13.2 Å². The number of fused-ring (bicyclic) bond motifs is 2. The second-order valence-electron chi connectivity index (χ2n) is 7.92. The molecule has 1 atom stereocenters. The van der Waals surface area contributed by atoms with E-state index in [0.717, 1.165) is 46.9 Å². The van der Waals surface area contributed by atoms with Gasteiger partial charge in [-0.2, -0.15) is 13.2 Å². The molecular formula is C27H21F3. The van der Waals surface area contributed by atoms with Crippen LogP contribution in [0.15, 0.2) is 90.5 Å². The zero-order valence-corrected chi connectivity index (χ0v) is 16.4. The molecule has 5 rings (SSSR count). The Balaban J connectivity index is 1.89. The van der Waals surface area contributed by atoms with Gasteiger partial charge in [-0.05, 0) is 69.7 Å². The van der Waals surface area contributed by atoms with Gasteiger partial charge in [0, 0.05) is 5.92 Å². The van der Waals surface area contributed by atoms with Crippen LogP contribution in [0.4, 0.5) is 13.2 Å². The lowest BCUT2D eigenvalue weighted by atomic mass is 9.71. The van der Waals surface area contributed by atoms with Crippen molar-refractivity contribution >= 4 is 11.1 Å². The maximum Gasteiger partial charge on any atom is 0.416 e. The molecule has 3 aromatic rings. The van der Waals surface area contributed by atoms with Gasteiger partial charge >= 0.3 is 6.18 Å². The minimum Gasteiger partial charge on any atom is -0.166 e. The molecule has 3 aromatic carbocycles. The predicted molar refractivity (Wildman–Crippen MR) is 114 cm³/mol. The van der Waals surface area contributed by atoms with Crippen LogP contribution in [0.2, 0.25) is 0 Å². The van der Waals surface area contributed by atoms with Gasteiger partial charge in [-0.15, -0.1) is 0 Å². The summed E-state index contributed by atoms with van der Waals surface area (Å²) in [5, 5.41) is 2.14. The van der Waals surface area contributed by atoms with Crippen LogP contribution >= 0.6 is 0 Å².